The molecule has 6 heteroatoms. The first-order valence-electron chi connectivity index (χ1n) is 8.64. The van der Waals surface area contributed by atoms with Gasteiger partial charge in [0.15, 0.2) is 0 Å². The van der Waals surface area contributed by atoms with Crippen molar-refractivity contribution in [1.29, 1.82) is 0 Å². The Hall–Kier alpha value is -3.41. The summed E-state index contributed by atoms with van der Waals surface area (Å²) in [5, 5.41) is 6.13. The highest BCUT2D eigenvalue weighted by atomic mass is 16.5. The number of amides is 1. The minimum Gasteiger partial charge on any atom is -0.497 e. The molecule has 0 unspecified atom stereocenters. The topological polar surface area (TPSA) is 76.1 Å². The molecule has 2 aromatic carbocycles. The van der Waals surface area contributed by atoms with Crippen molar-refractivity contribution in [3.63, 3.8) is 0 Å². The number of carbonyl (C=O) groups excluding carboxylic acids is 1. The van der Waals surface area contributed by atoms with Gasteiger partial charge >= 0.3 is 0 Å². The summed E-state index contributed by atoms with van der Waals surface area (Å²) in [4.78, 5) is 21.1. The van der Waals surface area contributed by atoms with Gasteiger partial charge in [-0.25, -0.2) is 9.97 Å². The third-order valence-electron chi connectivity index (χ3n) is 4.09. The lowest BCUT2D eigenvalue weighted by Gasteiger charge is -2.11. The predicted molar refractivity (Wildman–Crippen MR) is 105 cm³/mol. The monoisotopic (exact) mass is 362 g/mol. The molecule has 3 aromatic rings. The summed E-state index contributed by atoms with van der Waals surface area (Å²) in [7, 11) is 1.62. The molecule has 1 aromatic heterocycles. The van der Waals surface area contributed by atoms with Gasteiger partial charge in [0.25, 0.3) is 5.91 Å². The van der Waals surface area contributed by atoms with Crippen molar-refractivity contribution in [3.8, 4) is 5.75 Å². The molecule has 0 saturated heterocycles. The molecule has 0 aliphatic heterocycles. The molecule has 0 spiro atoms. The van der Waals surface area contributed by atoms with Crippen molar-refractivity contribution in [3.05, 3.63) is 77.2 Å². The van der Waals surface area contributed by atoms with Crippen molar-refractivity contribution in [1.82, 2.24) is 15.3 Å². The van der Waals surface area contributed by atoms with Crippen LogP contribution in [0.2, 0.25) is 0 Å². The minimum atomic E-state index is -0.246. The van der Waals surface area contributed by atoms with Gasteiger partial charge in [0.1, 0.15) is 23.1 Å². The summed E-state index contributed by atoms with van der Waals surface area (Å²) < 4.78 is 5.14. The van der Waals surface area contributed by atoms with Crippen LogP contribution < -0.4 is 15.4 Å². The number of nitrogens with zero attached hydrogens (tertiary/aromatic N) is 2. The van der Waals surface area contributed by atoms with Gasteiger partial charge in [0.05, 0.1) is 7.11 Å². The molecular formula is C21H22N4O2. The van der Waals surface area contributed by atoms with E-state index in [-0.39, 0.29) is 5.91 Å². The number of ether oxygens (including phenoxy) is 1. The maximum absolute atomic E-state index is 12.5. The van der Waals surface area contributed by atoms with Crippen LogP contribution in [0.1, 0.15) is 27.4 Å². The summed E-state index contributed by atoms with van der Waals surface area (Å²) in [6.45, 7) is 4.19. The van der Waals surface area contributed by atoms with E-state index in [0.29, 0.717) is 23.9 Å². The Morgan fingerprint density at radius 2 is 1.78 bits per heavy atom. The Kier molecular flexibility index (Phi) is 5.66. The molecule has 0 aliphatic carbocycles. The van der Waals surface area contributed by atoms with Gasteiger partial charge in [-0.1, -0.05) is 30.3 Å². The number of nitrogens with one attached hydrogen (secondary N) is 2. The van der Waals surface area contributed by atoms with Crippen molar-refractivity contribution in [2.24, 2.45) is 0 Å². The zero-order valence-corrected chi connectivity index (χ0v) is 15.6. The van der Waals surface area contributed by atoms with Crippen LogP contribution in [0.3, 0.4) is 0 Å². The molecule has 6 nitrogen and oxygen atoms in total. The number of methoxy groups -OCH3 is 1. The Labute approximate surface area is 158 Å². The maximum Gasteiger partial charge on any atom is 0.270 e. The molecule has 27 heavy (non-hydrogen) atoms. The molecule has 1 heterocycles. The summed E-state index contributed by atoms with van der Waals surface area (Å²) in [5.41, 5.74) is 3.35. The van der Waals surface area contributed by atoms with E-state index < -0.39 is 0 Å². The van der Waals surface area contributed by atoms with Crippen molar-refractivity contribution >= 4 is 17.4 Å². The molecule has 0 aliphatic rings. The first kappa shape index (κ1) is 18.4. The van der Waals surface area contributed by atoms with Gasteiger partial charge in [-0.05, 0) is 43.2 Å². The van der Waals surface area contributed by atoms with E-state index in [4.69, 9.17) is 4.74 Å². The predicted octanol–water partition coefficient (Wildman–Crippen LogP) is 3.78. The number of carbonyl (C=O) groups is 1. The molecule has 0 radical (unpaired) electrons. The van der Waals surface area contributed by atoms with E-state index in [0.717, 1.165) is 22.6 Å². The Morgan fingerprint density at radius 1 is 1.04 bits per heavy atom. The first-order chi connectivity index (χ1) is 13.0. The van der Waals surface area contributed by atoms with Crippen molar-refractivity contribution in [2.75, 3.05) is 12.4 Å². The summed E-state index contributed by atoms with van der Waals surface area (Å²) in [6.07, 6.45) is 0. The van der Waals surface area contributed by atoms with E-state index in [1.54, 1.807) is 20.1 Å². The van der Waals surface area contributed by atoms with Crippen LogP contribution in [-0.4, -0.2) is 23.0 Å². The van der Waals surface area contributed by atoms with Gasteiger partial charge in [0.2, 0.25) is 0 Å². The van der Waals surface area contributed by atoms with Crippen LogP contribution in [-0.2, 0) is 6.54 Å². The second kappa shape index (κ2) is 8.31. The fourth-order valence-corrected chi connectivity index (χ4v) is 2.62. The van der Waals surface area contributed by atoms with Gasteiger partial charge in [-0.15, -0.1) is 0 Å². The van der Waals surface area contributed by atoms with Crippen LogP contribution in [0.25, 0.3) is 0 Å². The van der Waals surface area contributed by atoms with Gasteiger partial charge in [0, 0.05) is 18.3 Å². The fourth-order valence-electron chi connectivity index (χ4n) is 2.62. The number of rotatable bonds is 6. The SMILES string of the molecule is COc1ccc(CNC(=O)c2cc(Nc3ccccc3C)nc(C)n2)cc1. The molecule has 0 saturated carbocycles. The third-order valence-corrected chi connectivity index (χ3v) is 4.09. The largest absolute Gasteiger partial charge is 0.497 e. The number of aromatic nitrogens is 2. The van der Waals surface area contributed by atoms with Crippen LogP contribution >= 0.6 is 0 Å². The molecule has 1 amide bonds. The maximum atomic E-state index is 12.5. The average molecular weight is 362 g/mol. The third kappa shape index (κ3) is 4.82. The van der Waals surface area contributed by atoms with Crippen LogP contribution in [0.15, 0.2) is 54.6 Å². The molecule has 2 N–H and O–H groups in total. The number of anilines is 2. The first-order valence-corrected chi connectivity index (χ1v) is 8.64. The zero-order chi connectivity index (χ0) is 19.2. The quantitative estimate of drug-likeness (QED) is 0.698. The lowest BCUT2D eigenvalue weighted by atomic mass is 10.2. The standard InChI is InChI=1S/C21H22N4O2/c1-14-6-4-5-7-18(14)25-20-12-19(23-15(2)24-20)21(26)22-13-16-8-10-17(27-3)11-9-16/h4-12H,13H2,1-3H3,(H,22,26)(H,23,24,25). The van der Waals surface area contributed by atoms with E-state index in [9.17, 15) is 4.79 Å². The Morgan fingerprint density at radius 3 is 2.48 bits per heavy atom. The van der Waals surface area contributed by atoms with E-state index in [1.165, 1.54) is 0 Å². The molecule has 3 rings (SSSR count). The Bertz CT molecular complexity index is 939. The zero-order valence-electron chi connectivity index (χ0n) is 15.6. The van der Waals surface area contributed by atoms with Crippen molar-refractivity contribution in [2.45, 2.75) is 20.4 Å². The van der Waals surface area contributed by atoms with Crippen LogP contribution in [0.5, 0.6) is 5.75 Å². The number of aryl methyl sites for hydroxylation is 2. The Balaban J connectivity index is 1.70. The summed E-state index contributed by atoms with van der Waals surface area (Å²) in [5.74, 6) is 1.65. The van der Waals surface area contributed by atoms with E-state index in [1.807, 2.05) is 55.5 Å². The minimum absolute atomic E-state index is 0.246. The summed E-state index contributed by atoms with van der Waals surface area (Å²) in [6, 6.07) is 17.1. The van der Waals surface area contributed by atoms with Crippen LogP contribution in [0, 0.1) is 13.8 Å². The fraction of sp³-hybridized carbons (Fsp3) is 0.190. The molecular weight excluding hydrogens is 340 g/mol. The van der Waals surface area contributed by atoms with Gasteiger partial charge in [-0.2, -0.15) is 0 Å². The highest BCUT2D eigenvalue weighted by Crippen LogP contribution is 2.19. The van der Waals surface area contributed by atoms with Gasteiger partial charge < -0.3 is 15.4 Å². The molecule has 0 fully saturated rings. The van der Waals surface area contributed by atoms with E-state index >= 15 is 0 Å². The van der Waals surface area contributed by atoms with E-state index in [2.05, 4.69) is 20.6 Å². The number of para-hydroxylation sites is 1. The molecule has 138 valence electrons. The smallest absolute Gasteiger partial charge is 0.270 e. The van der Waals surface area contributed by atoms with Gasteiger partial charge in [-0.3, -0.25) is 4.79 Å². The second-order valence-electron chi connectivity index (χ2n) is 6.16. The highest BCUT2D eigenvalue weighted by molar-refractivity contribution is 5.93. The average Bonchev–Trinajstić information content (AvgIpc) is 2.68. The highest BCUT2D eigenvalue weighted by Gasteiger charge is 2.11. The lowest BCUT2D eigenvalue weighted by Crippen LogP contribution is -2.24. The normalized spacial score (nSPS) is 10.3. The number of hydrogen-bond acceptors (Lipinski definition) is 5. The lowest BCUT2D eigenvalue weighted by molar-refractivity contribution is 0.0945. The number of hydrogen-bond donors (Lipinski definition) is 2. The molecule has 0 bridgehead atoms. The summed E-state index contributed by atoms with van der Waals surface area (Å²) >= 11 is 0. The molecule has 0 atom stereocenters. The second-order valence-corrected chi connectivity index (χ2v) is 6.16. The number of benzene rings is 2. The van der Waals surface area contributed by atoms with Crippen LogP contribution in [0.4, 0.5) is 11.5 Å². The van der Waals surface area contributed by atoms with Crippen molar-refractivity contribution < 1.29 is 9.53 Å².